The zero-order chi connectivity index (χ0) is 14.3. The van der Waals surface area contributed by atoms with Crippen LogP contribution in [0, 0.1) is 0 Å². The van der Waals surface area contributed by atoms with Gasteiger partial charge in [0.15, 0.2) is 15.8 Å². The van der Waals surface area contributed by atoms with Crippen molar-refractivity contribution in [1.82, 2.24) is 0 Å². The quantitative estimate of drug-likeness (QED) is 0.610. The molecule has 1 aromatic carbocycles. The van der Waals surface area contributed by atoms with Crippen LogP contribution in [0.4, 0.5) is 5.69 Å². The van der Waals surface area contributed by atoms with Crippen LogP contribution in [0.1, 0.15) is 19.4 Å². The SMILES string of the molecule is CCc1ccc(NC(N)=NCCS(=O)(=O)CC)cc1. The third-order valence-electron chi connectivity index (χ3n) is 2.76. The third kappa shape index (κ3) is 5.74. The van der Waals surface area contributed by atoms with E-state index in [2.05, 4.69) is 17.2 Å². The number of sulfone groups is 1. The van der Waals surface area contributed by atoms with Crippen molar-refractivity contribution in [3.8, 4) is 0 Å². The first-order valence-corrected chi connectivity index (χ1v) is 8.15. The van der Waals surface area contributed by atoms with Crippen molar-refractivity contribution >= 4 is 21.5 Å². The van der Waals surface area contributed by atoms with Crippen LogP contribution in [0.3, 0.4) is 0 Å². The summed E-state index contributed by atoms with van der Waals surface area (Å²) in [7, 11) is -2.99. The number of anilines is 1. The molecule has 19 heavy (non-hydrogen) atoms. The minimum atomic E-state index is -2.99. The molecule has 0 aliphatic carbocycles. The molecule has 0 spiro atoms. The predicted octanol–water partition coefficient (Wildman–Crippen LogP) is 1.41. The number of nitrogens with one attached hydrogen (secondary N) is 1. The molecule has 0 heterocycles. The van der Waals surface area contributed by atoms with E-state index in [9.17, 15) is 8.42 Å². The number of nitrogens with two attached hydrogens (primary N) is 1. The number of guanidine groups is 1. The molecule has 6 heteroatoms. The maximum atomic E-state index is 11.3. The topological polar surface area (TPSA) is 84.5 Å². The van der Waals surface area contributed by atoms with Crippen molar-refractivity contribution in [3.63, 3.8) is 0 Å². The molecular weight excluding hydrogens is 262 g/mol. The highest BCUT2D eigenvalue weighted by Crippen LogP contribution is 2.09. The molecule has 0 atom stereocenters. The van der Waals surface area contributed by atoms with Gasteiger partial charge in [0.25, 0.3) is 0 Å². The van der Waals surface area contributed by atoms with Gasteiger partial charge in [-0.3, -0.25) is 4.99 Å². The van der Waals surface area contributed by atoms with Gasteiger partial charge in [-0.1, -0.05) is 26.0 Å². The summed E-state index contributed by atoms with van der Waals surface area (Å²) in [4.78, 5) is 4.00. The van der Waals surface area contributed by atoms with Crippen molar-refractivity contribution in [2.45, 2.75) is 20.3 Å². The summed E-state index contributed by atoms with van der Waals surface area (Å²) < 4.78 is 22.6. The van der Waals surface area contributed by atoms with Crippen LogP contribution in [0.2, 0.25) is 0 Å². The largest absolute Gasteiger partial charge is 0.370 e. The monoisotopic (exact) mass is 283 g/mol. The summed E-state index contributed by atoms with van der Waals surface area (Å²) in [5.74, 6) is 0.394. The second kappa shape index (κ2) is 7.13. The number of benzene rings is 1. The summed E-state index contributed by atoms with van der Waals surface area (Å²) >= 11 is 0. The molecule has 0 radical (unpaired) electrons. The molecule has 0 aromatic heterocycles. The standard InChI is InChI=1S/C13H21N3O2S/c1-3-11-5-7-12(8-6-11)16-13(14)15-9-10-19(17,18)4-2/h5-8H,3-4,9-10H2,1-2H3,(H3,14,15,16). The van der Waals surface area contributed by atoms with E-state index in [1.165, 1.54) is 5.56 Å². The Bertz CT molecular complexity index is 521. The van der Waals surface area contributed by atoms with Gasteiger partial charge in [-0.05, 0) is 24.1 Å². The molecule has 0 unspecified atom stereocenters. The Morgan fingerprint density at radius 3 is 2.42 bits per heavy atom. The lowest BCUT2D eigenvalue weighted by Crippen LogP contribution is -2.24. The maximum absolute atomic E-state index is 11.3. The minimum absolute atomic E-state index is 0.0284. The molecule has 0 amide bonds. The minimum Gasteiger partial charge on any atom is -0.370 e. The van der Waals surface area contributed by atoms with Gasteiger partial charge in [0.2, 0.25) is 0 Å². The van der Waals surface area contributed by atoms with E-state index in [4.69, 9.17) is 5.73 Å². The first kappa shape index (κ1) is 15.5. The van der Waals surface area contributed by atoms with Gasteiger partial charge >= 0.3 is 0 Å². The van der Waals surface area contributed by atoms with Gasteiger partial charge in [0, 0.05) is 11.4 Å². The second-order valence-corrected chi connectivity index (χ2v) is 6.65. The van der Waals surface area contributed by atoms with Crippen molar-refractivity contribution in [1.29, 1.82) is 0 Å². The van der Waals surface area contributed by atoms with Crippen LogP contribution in [0.15, 0.2) is 29.3 Å². The van der Waals surface area contributed by atoms with Gasteiger partial charge in [-0.2, -0.15) is 0 Å². The van der Waals surface area contributed by atoms with Crippen molar-refractivity contribution in [2.24, 2.45) is 10.7 Å². The molecule has 106 valence electrons. The Labute approximate surface area is 114 Å². The molecule has 0 bridgehead atoms. The van der Waals surface area contributed by atoms with Crippen LogP contribution >= 0.6 is 0 Å². The van der Waals surface area contributed by atoms with Crippen LogP contribution in [0.5, 0.6) is 0 Å². The molecule has 1 aromatic rings. The average Bonchev–Trinajstić information content (AvgIpc) is 2.39. The Balaban J connectivity index is 2.51. The first-order chi connectivity index (χ1) is 8.96. The Morgan fingerprint density at radius 1 is 1.26 bits per heavy atom. The molecule has 0 aliphatic rings. The molecular formula is C13H21N3O2S. The van der Waals surface area contributed by atoms with E-state index in [1.807, 2.05) is 24.3 Å². The molecule has 3 N–H and O–H groups in total. The summed E-state index contributed by atoms with van der Waals surface area (Å²) in [5.41, 5.74) is 7.78. The lowest BCUT2D eigenvalue weighted by Gasteiger charge is -2.06. The van der Waals surface area contributed by atoms with Crippen LogP contribution in [0.25, 0.3) is 0 Å². The lowest BCUT2D eigenvalue weighted by molar-refractivity contribution is 0.597. The number of rotatable bonds is 6. The predicted molar refractivity (Wildman–Crippen MR) is 80.3 cm³/mol. The van der Waals surface area contributed by atoms with Gasteiger partial charge < -0.3 is 11.1 Å². The molecule has 5 nitrogen and oxygen atoms in total. The number of hydrogen-bond acceptors (Lipinski definition) is 3. The first-order valence-electron chi connectivity index (χ1n) is 6.33. The van der Waals surface area contributed by atoms with E-state index >= 15 is 0 Å². The number of aryl methyl sites for hydroxylation is 1. The van der Waals surface area contributed by atoms with E-state index in [1.54, 1.807) is 6.92 Å². The Hall–Kier alpha value is -1.56. The fraction of sp³-hybridized carbons (Fsp3) is 0.462. The van der Waals surface area contributed by atoms with Crippen molar-refractivity contribution < 1.29 is 8.42 Å². The average molecular weight is 283 g/mol. The van der Waals surface area contributed by atoms with E-state index in [0.717, 1.165) is 12.1 Å². The number of aliphatic imine (C=N–C) groups is 1. The zero-order valence-corrected chi connectivity index (χ0v) is 12.2. The van der Waals surface area contributed by atoms with Crippen LogP contribution in [-0.4, -0.2) is 32.4 Å². The molecule has 0 fully saturated rings. The summed E-state index contributed by atoms with van der Waals surface area (Å²) in [6.45, 7) is 3.89. The highest BCUT2D eigenvalue weighted by molar-refractivity contribution is 7.91. The van der Waals surface area contributed by atoms with E-state index in [0.29, 0.717) is 0 Å². The van der Waals surface area contributed by atoms with Crippen LogP contribution in [-0.2, 0) is 16.3 Å². The Morgan fingerprint density at radius 2 is 1.89 bits per heavy atom. The number of hydrogen-bond donors (Lipinski definition) is 2. The molecule has 1 rings (SSSR count). The maximum Gasteiger partial charge on any atom is 0.193 e. The second-order valence-electron chi connectivity index (χ2n) is 4.18. The fourth-order valence-electron chi connectivity index (χ4n) is 1.46. The lowest BCUT2D eigenvalue weighted by atomic mass is 10.1. The third-order valence-corrected chi connectivity index (χ3v) is 4.44. The molecule has 0 saturated heterocycles. The van der Waals surface area contributed by atoms with Crippen molar-refractivity contribution in [3.05, 3.63) is 29.8 Å². The molecule has 0 saturated carbocycles. The van der Waals surface area contributed by atoms with E-state index < -0.39 is 9.84 Å². The number of nitrogens with zero attached hydrogens (tertiary/aromatic N) is 1. The van der Waals surface area contributed by atoms with E-state index in [-0.39, 0.29) is 24.0 Å². The summed E-state index contributed by atoms with van der Waals surface area (Å²) in [6.07, 6.45) is 0.985. The van der Waals surface area contributed by atoms with Gasteiger partial charge in [-0.15, -0.1) is 0 Å². The Kier molecular flexibility index (Phi) is 5.82. The summed E-state index contributed by atoms with van der Waals surface area (Å²) in [6, 6.07) is 7.86. The molecule has 0 aliphatic heterocycles. The summed E-state index contributed by atoms with van der Waals surface area (Å²) in [5, 5.41) is 2.93. The van der Waals surface area contributed by atoms with Crippen LogP contribution < -0.4 is 11.1 Å². The zero-order valence-electron chi connectivity index (χ0n) is 11.4. The van der Waals surface area contributed by atoms with Gasteiger partial charge in [0.05, 0.1) is 12.3 Å². The normalized spacial score (nSPS) is 12.4. The highest BCUT2D eigenvalue weighted by atomic mass is 32.2. The fourth-order valence-corrected chi connectivity index (χ4v) is 2.12. The van der Waals surface area contributed by atoms with Crippen molar-refractivity contribution in [2.75, 3.05) is 23.4 Å². The van der Waals surface area contributed by atoms with Gasteiger partial charge in [0.1, 0.15) is 0 Å². The smallest absolute Gasteiger partial charge is 0.193 e. The highest BCUT2D eigenvalue weighted by Gasteiger charge is 2.05. The van der Waals surface area contributed by atoms with Gasteiger partial charge in [-0.25, -0.2) is 8.42 Å².